The summed E-state index contributed by atoms with van der Waals surface area (Å²) in [7, 11) is 0. The molecule has 0 aromatic heterocycles. The number of carbonyl (C=O) groups excluding carboxylic acids is 1. The number of nitrogens with one attached hydrogen (secondary N) is 2. The Bertz CT molecular complexity index is 927. The van der Waals surface area contributed by atoms with Crippen LogP contribution < -0.4 is 20.1 Å². The van der Waals surface area contributed by atoms with Crippen molar-refractivity contribution in [3.63, 3.8) is 0 Å². The first kappa shape index (κ1) is 21.5. The molecule has 6 nitrogen and oxygen atoms in total. The Balaban J connectivity index is 1.80. The fourth-order valence-electron chi connectivity index (χ4n) is 2.78. The van der Waals surface area contributed by atoms with Crippen LogP contribution in [0.2, 0.25) is 5.02 Å². The molecule has 156 valence electrons. The van der Waals surface area contributed by atoms with Gasteiger partial charge in [-0.1, -0.05) is 17.7 Å². The maximum Gasteiger partial charge on any atom is 0.416 e. The van der Waals surface area contributed by atoms with Crippen molar-refractivity contribution in [2.45, 2.75) is 12.2 Å². The number of benzene rings is 2. The molecular formula is C18H15BrClF3N2O4. The molecule has 2 aromatic carbocycles. The van der Waals surface area contributed by atoms with Crippen LogP contribution >= 0.6 is 27.5 Å². The summed E-state index contributed by atoms with van der Waals surface area (Å²) in [5.41, 5.74) is -1.03. The van der Waals surface area contributed by atoms with Gasteiger partial charge in [-0.25, -0.2) is 4.79 Å². The van der Waals surface area contributed by atoms with Crippen LogP contribution in [0.1, 0.15) is 17.2 Å². The quantitative estimate of drug-likeness (QED) is 0.572. The van der Waals surface area contributed by atoms with Gasteiger partial charge in [0.1, 0.15) is 13.2 Å². The molecule has 0 bridgehead atoms. The number of alkyl halides is 3. The van der Waals surface area contributed by atoms with Gasteiger partial charge in [0.15, 0.2) is 11.5 Å². The molecule has 11 heteroatoms. The van der Waals surface area contributed by atoms with Gasteiger partial charge >= 0.3 is 12.2 Å². The molecular weight excluding hydrogens is 481 g/mol. The average molecular weight is 496 g/mol. The Hall–Kier alpha value is -2.17. The van der Waals surface area contributed by atoms with Crippen LogP contribution in [-0.4, -0.2) is 31.0 Å². The van der Waals surface area contributed by atoms with Crippen molar-refractivity contribution in [2.75, 3.05) is 25.1 Å². The largest absolute Gasteiger partial charge is 0.486 e. The van der Waals surface area contributed by atoms with E-state index in [-0.39, 0.29) is 10.6 Å². The van der Waals surface area contributed by atoms with Crippen molar-refractivity contribution < 1.29 is 32.5 Å². The van der Waals surface area contributed by atoms with Crippen LogP contribution in [0.25, 0.3) is 0 Å². The highest BCUT2D eigenvalue weighted by molar-refractivity contribution is 9.10. The highest BCUT2D eigenvalue weighted by Gasteiger charge is 2.36. The van der Waals surface area contributed by atoms with Crippen LogP contribution in [0.4, 0.5) is 23.7 Å². The molecule has 3 N–H and O–H groups in total. The highest BCUT2D eigenvalue weighted by Crippen LogP contribution is 2.39. The predicted molar refractivity (Wildman–Crippen MR) is 104 cm³/mol. The number of ether oxygens (including phenoxy) is 2. The average Bonchev–Trinajstić information content (AvgIpc) is 2.66. The Morgan fingerprint density at radius 3 is 2.48 bits per heavy atom. The maximum atomic E-state index is 13.3. The smallest absolute Gasteiger partial charge is 0.416 e. The van der Waals surface area contributed by atoms with Crippen LogP contribution in [0, 0.1) is 0 Å². The molecule has 0 radical (unpaired) electrons. The maximum absolute atomic E-state index is 13.3. The topological polar surface area (TPSA) is 79.8 Å². The number of halogens is 5. The van der Waals surface area contributed by atoms with Crippen LogP contribution in [0.15, 0.2) is 34.8 Å². The number of hydrogen-bond acceptors (Lipinski definition) is 4. The van der Waals surface area contributed by atoms with Gasteiger partial charge < -0.3 is 25.2 Å². The third-order valence-corrected chi connectivity index (χ3v) is 4.96. The molecule has 1 aliphatic heterocycles. The lowest BCUT2D eigenvalue weighted by atomic mass is 10.0. The van der Waals surface area contributed by atoms with E-state index in [0.717, 1.165) is 12.1 Å². The van der Waals surface area contributed by atoms with E-state index in [1.165, 1.54) is 12.1 Å². The first-order valence-corrected chi connectivity index (χ1v) is 9.50. The summed E-state index contributed by atoms with van der Waals surface area (Å²) < 4.78 is 51.3. The predicted octanol–water partition coefficient (Wildman–Crippen LogP) is 4.75. The second-order valence-electron chi connectivity index (χ2n) is 6.04. The fourth-order valence-corrected chi connectivity index (χ4v) is 3.37. The molecule has 0 saturated heterocycles. The lowest BCUT2D eigenvalue weighted by Crippen LogP contribution is -2.35. The van der Waals surface area contributed by atoms with Gasteiger partial charge in [0, 0.05) is 21.6 Å². The van der Waals surface area contributed by atoms with E-state index < -0.39 is 30.4 Å². The lowest BCUT2D eigenvalue weighted by Gasteiger charge is -2.23. The van der Waals surface area contributed by atoms with Crippen molar-refractivity contribution in [3.8, 4) is 11.5 Å². The molecule has 1 aliphatic rings. The minimum atomic E-state index is -4.70. The summed E-state index contributed by atoms with van der Waals surface area (Å²) in [6.45, 7) is -0.00239. The monoisotopic (exact) mass is 494 g/mol. The Kier molecular flexibility index (Phi) is 6.45. The molecule has 0 saturated carbocycles. The molecule has 1 unspecified atom stereocenters. The number of rotatable bonds is 4. The van der Waals surface area contributed by atoms with Gasteiger partial charge in [0.05, 0.1) is 23.9 Å². The minimum Gasteiger partial charge on any atom is -0.486 e. The number of fused-ring (bicyclic) bond motifs is 1. The van der Waals surface area contributed by atoms with Crippen molar-refractivity contribution in [1.82, 2.24) is 5.32 Å². The first-order chi connectivity index (χ1) is 13.7. The SMILES string of the molecule is O=C(Nc1cc2c(cc1Br)OCCO2)NC(CO)c1ccc(Cl)cc1C(F)(F)F. The normalized spacial score (nSPS) is 14.3. The summed E-state index contributed by atoms with van der Waals surface area (Å²) in [6, 6.07) is 4.13. The van der Waals surface area contributed by atoms with Crippen molar-refractivity contribution in [3.05, 3.63) is 51.0 Å². The second-order valence-corrected chi connectivity index (χ2v) is 7.33. The summed E-state index contributed by atoms with van der Waals surface area (Å²) in [6.07, 6.45) is -4.70. The van der Waals surface area contributed by atoms with Gasteiger partial charge in [0.25, 0.3) is 0 Å². The van der Waals surface area contributed by atoms with Crippen LogP contribution in [-0.2, 0) is 6.18 Å². The third-order valence-electron chi connectivity index (χ3n) is 4.06. The minimum absolute atomic E-state index is 0.109. The molecule has 1 atom stereocenters. The lowest BCUT2D eigenvalue weighted by molar-refractivity contribution is -0.138. The van der Waals surface area contributed by atoms with Gasteiger partial charge in [-0.2, -0.15) is 13.2 Å². The molecule has 1 heterocycles. The van der Waals surface area contributed by atoms with E-state index in [2.05, 4.69) is 26.6 Å². The Labute approximate surface area is 177 Å². The highest BCUT2D eigenvalue weighted by atomic mass is 79.9. The van der Waals surface area contributed by atoms with E-state index in [4.69, 9.17) is 21.1 Å². The second kappa shape index (κ2) is 8.68. The Morgan fingerprint density at radius 1 is 1.21 bits per heavy atom. The number of urea groups is 1. The van der Waals surface area contributed by atoms with Gasteiger partial charge in [-0.15, -0.1) is 0 Å². The number of hydrogen-bond donors (Lipinski definition) is 3. The molecule has 2 amide bonds. The summed E-state index contributed by atoms with van der Waals surface area (Å²) in [5.74, 6) is 0.920. The molecule has 0 fully saturated rings. The van der Waals surface area contributed by atoms with E-state index in [1.54, 1.807) is 6.07 Å². The number of aliphatic hydroxyl groups excluding tert-OH is 1. The molecule has 0 spiro atoms. The van der Waals surface area contributed by atoms with Crippen LogP contribution in [0.3, 0.4) is 0 Å². The summed E-state index contributed by atoms with van der Waals surface area (Å²) in [5, 5.41) is 14.3. The standard InChI is InChI=1S/C18H15BrClF3N2O4/c19-12-6-15-16(29-4-3-28-15)7-13(12)24-17(27)25-14(8-26)10-2-1-9(20)5-11(10)18(21,22)23/h1-2,5-7,14,26H,3-4,8H2,(H2,24,25,27). The van der Waals surface area contributed by atoms with Crippen molar-refractivity contribution in [2.24, 2.45) is 0 Å². The van der Waals surface area contributed by atoms with E-state index in [1.807, 2.05) is 0 Å². The van der Waals surface area contributed by atoms with Crippen LogP contribution in [0.5, 0.6) is 11.5 Å². The number of aliphatic hydroxyl groups is 1. The zero-order valence-corrected chi connectivity index (χ0v) is 17.0. The number of anilines is 1. The summed E-state index contributed by atoms with van der Waals surface area (Å²) in [4.78, 5) is 12.4. The molecule has 2 aromatic rings. The van der Waals surface area contributed by atoms with Gasteiger partial charge in [-0.3, -0.25) is 0 Å². The zero-order chi connectivity index (χ0) is 21.2. The fraction of sp³-hybridized carbons (Fsp3) is 0.278. The number of amides is 2. The Morgan fingerprint density at radius 2 is 1.86 bits per heavy atom. The molecule has 3 rings (SSSR count). The van der Waals surface area contributed by atoms with E-state index in [0.29, 0.717) is 34.9 Å². The first-order valence-electron chi connectivity index (χ1n) is 8.33. The van der Waals surface area contributed by atoms with Crippen molar-refractivity contribution in [1.29, 1.82) is 0 Å². The third kappa shape index (κ3) is 5.06. The van der Waals surface area contributed by atoms with Gasteiger partial charge in [-0.05, 0) is 33.6 Å². The number of carbonyl (C=O) groups is 1. The van der Waals surface area contributed by atoms with E-state index >= 15 is 0 Å². The molecule has 29 heavy (non-hydrogen) atoms. The van der Waals surface area contributed by atoms with Crippen molar-refractivity contribution >= 4 is 39.2 Å². The zero-order valence-electron chi connectivity index (χ0n) is 14.6. The molecule has 0 aliphatic carbocycles. The summed E-state index contributed by atoms with van der Waals surface area (Å²) >= 11 is 8.96. The van der Waals surface area contributed by atoms with Gasteiger partial charge in [0.2, 0.25) is 0 Å². The van der Waals surface area contributed by atoms with E-state index in [9.17, 15) is 23.1 Å².